The molecule has 0 aliphatic heterocycles. The summed E-state index contributed by atoms with van der Waals surface area (Å²) in [6.45, 7) is 7.61. The minimum atomic E-state index is -0.792. The summed E-state index contributed by atoms with van der Waals surface area (Å²) in [5.74, 6) is -0.214. The Morgan fingerprint density at radius 1 is 1.27 bits per heavy atom. The van der Waals surface area contributed by atoms with E-state index < -0.39 is 22.3 Å². The van der Waals surface area contributed by atoms with Gasteiger partial charge in [0.1, 0.15) is 11.3 Å². The molecule has 0 aliphatic carbocycles. The molecule has 0 aliphatic rings. The zero-order valence-corrected chi connectivity index (χ0v) is 17.8. The van der Waals surface area contributed by atoms with E-state index in [9.17, 15) is 14.9 Å². The number of unbranched alkanes of at least 4 members (excludes halogenated alkanes) is 1. The fourth-order valence-electron chi connectivity index (χ4n) is 2.64. The number of carbonyl (C=O) groups is 1. The molecule has 0 radical (unpaired) electrons. The summed E-state index contributed by atoms with van der Waals surface area (Å²) in [6.07, 6.45) is 0.959. The highest BCUT2D eigenvalue weighted by molar-refractivity contribution is 5.93. The number of nitrogen functional groups attached to an aromatic ring is 1. The van der Waals surface area contributed by atoms with Gasteiger partial charge in [-0.1, -0.05) is 43.7 Å². The van der Waals surface area contributed by atoms with Gasteiger partial charge in [0.25, 0.3) is 0 Å². The molecule has 1 heterocycles. The van der Waals surface area contributed by atoms with Crippen LogP contribution in [0.5, 0.6) is 5.88 Å². The molecule has 2 N–H and O–H groups in total. The van der Waals surface area contributed by atoms with Gasteiger partial charge >= 0.3 is 11.8 Å². The number of hydrogen-bond donors (Lipinski definition) is 1. The van der Waals surface area contributed by atoms with E-state index in [0.717, 1.165) is 18.4 Å². The monoisotopic (exact) mass is 416 g/mol. The van der Waals surface area contributed by atoms with Crippen molar-refractivity contribution in [2.24, 2.45) is 0 Å². The average molecular weight is 416 g/mol. The Labute approximate surface area is 175 Å². The number of carbonyl (C=O) groups excluding carboxylic acids is 1. The van der Waals surface area contributed by atoms with Crippen LogP contribution in [0, 0.1) is 10.1 Å². The highest BCUT2D eigenvalue weighted by Gasteiger charge is 2.32. The molecule has 2 rings (SSSR count). The van der Waals surface area contributed by atoms with Crippen LogP contribution < -0.4 is 15.4 Å². The summed E-state index contributed by atoms with van der Waals surface area (Å²) in [5, 5.41) is 11.7. The number of nitro groups is 1. The first-order valence-corrected chi connectivity index (χ1v) is 9.74. The van der Waals surface area contributed by atoms with Crippen LogP contribution in [-0.4, -0.2) is 28.2 Å². The first-order valence-electron chi connectivity index (χ1n) is 9.74. The Morgan fingerprint density at radius 3 is 2.50 bits per heavy atom. The molecule has 0 atom stereocenters. The third kappa shape index (κ3) is 6.33. The lowest BCUT2D eigenvalue weighted by atomic mass is 10.2. The zero-order valence-electron chi connectivity index (χ0n) is 17.8. The van der Waals surface area contributed by atoms with Crippen LogP contribution in [0.3, 0.4) is 0 Å². The largest absolute Gasteiger partial charge is 0.478 e. The van der Waals surface area contributed by atoms with Crippen molar-refractivity contribution in [3.05, 3.63) is 52.1 Å². The lowest BCUT2D eigenvalue weighted by Crippen LogP contribution is -2.37. The van der Waals surface area contributed by atoms with Crippen LogP contribution in [0.2, 0.25) is 0 Å². The van der Waals surface area contributed by atoms with E-state index in [4.69, 9.17) is 15.2 Å². The fraction of sp³-hybridized carbons (Fsp3) is 0.429. The van der Waals surface area contributed by atoms with Crippen molar-refractivity contribution in [3.8, 4) is 5.88 Å². The van der Waals surface area contributed by atoms with Gasteiger partial charge < -0.3 is 15.2 Å². The summed E-state index contributed by atoms with van der Waals surface area (Å²) < 4.78 is 11.1. The Kier molecular flexibility index (Phi) is 7.57. The second-order valence-electron chi connectivity index (χ2n) is 7.72. The van der Waals surface area contributed by atoms with Crippen LogP contribution in [0.15, 0.2) is 36.4 Å². The van der Waals surface area contributed by atoms with E-state index in [1.807, 2.05) is 37.3 Å². The molecule has 9 nitrogen and oxygen atoms in total. The summed E-state index contributed by atoms with van der Waals surface area (Å²) >= 11 is 0. The van der Waals surface area contributed by atoms with Gasteiger partial charge in [-0.25, -0.2) is 4.79 Å². The topological polar surface area (TPSA) is 121 Å². The van der Waals surface area contributed by atoms with Crippen LogP contribution in [-0.2, 0) is 11.3 Å². The lowest BCUT2D eigenvalue weighted by molar-refractivity contribution is -0.383. The predicted octanol–water partition coefficient (Wildman–Crippen LogP) is 4.69. The number of nitrogens with zero attached hydrogens (tertiary/aromatic N) is 3. The Bertz CT molecular complexity index is 881. The molecule has 0 unspecified atom stereocenters. The fourth-order valence-corrected chi connectivity index (χ4v) is 2.64. The third-order valence-electron chi connectivity index (χ3n) is 3.99. The number of ether oxygens (including phenoxy) is 2. The zero-order chi connectivity index (χ0) is 22.3. The number of pyridine rings is 1. The molecule has 2 aromatic rings. The number of benzene rings is 1. The first-order chi connectivity index (χ1) is 14.1. The summed E-state index contributed by atoms with van der Waals surface area (Å²) in [5.41, 5.74) is 5.34. The van der Waals surface area contributed by atoms with E-state index in [1.54, 1.807) is 20.8 Å². The van der Waals surface area contributed by atoms with Crippen LogP contribution in [0.1, 0.15) is 46.1 Å². The van der Waals surface area contributed by atoms with Gasteiger partial charge in [0.2, 0.25) is 11.7 Å². The van der Waals surface area contributed by atoms with Crippen molar-refractivity contribution in [2.45, 2.75) is 52.7 Å². The summed E-state index contributed by atoms with van der Waals surface area (Å²) in [4.78, 5) is 29.3. The van der Waals surface area contributed by atoms with Gasteiger partial charge in [0.05, 0.1) is 18.1 Å². The van der Waals surface area contributed by atoms with Crippen molar-refractivity contribution in [2.75, 3.05) is 17.2 Å². The van der Waals surface area contributed by atoms with Crippen LogP contribution in [0.25, 0.3) is 0 Å². The molecular formula is C21H28N4O5. The van der Waals surface area contributed by atoms with E-state index >= 15 is 0 Å². The van der Waals surface area contributed by atoms with Crippen molar-refractivity contribution in [1.82, 2.24) is 4.98 Å². The highest BCUT2D eigenvalue weighted by atomic mass is 16.6. The maximum absolute atomic E-state index is 13.0. The second-order valence-corrected chi connectivity index (χ2v) is 7.72. The predicted molar refractivity (Wildman–Crippen MR) is 115 cm³/mol. The van der Waals surface area contributed by atoms with Gasteiger partial charge in [0, 0.05) is 6.07 Å². The Balaban J connectivity index is 2.55. The highest BCUT2D eigenvalue weighted by Crippen LogP contribution is 2.37. The molecular weight excluding hydrogens is 388 g/mol. The molecule has 1 aromatic carbocycles. The standard InChI is InChI=1S/C21H28N4O5/c1-5-6-12-29-17-13-16(18(25(27)28)19(22)23-17)24(20(26)30-21(2,3)4)14-15-10-8-7-9-11-15/h7-11,13H,5-6,12,14H2,1-4H3,(H2,22,23). The minimum Gasteiger partial charge on any atom is -0.478 e. The SMILES string of the molecule is CCCCOc1cc(N(Cc2ccccc2)C(=O)OC(C)(C)C)c([N+](=O)[O-])c(N)n1. The number of aromatic nitrogens is 1. The minimum absolute atomic E-state index is 0.0305. The molecule has 0 bridgehead atoms. The van der Waals surface area contributed by atoms with Crippen molar-refractivity contribution in [1.29, 1.82) is 0 Å². The van der Waals surface area contributed by atoms with Crippen molar-refractivity contribution < 1.29 is 19.2 Å². The first kappa shape index (κ1) is 22.9. The van der Waals surface area contributed by atoms with Gasteiger partial charge in [-0.2, -0.15) is 4.98 Å². The van der Waals surface area contributed by atoms with Crippen molar-refractivity contribution in [3.63, 3.8) is 0 Å². The van der Waals surface area contributed by atoms with Gasteiger partial charge in [0.15, 0.2) is 0 Å². The Morgan fingerprint density at radius 2 is 1.93 bits per heavy atom. The normalized spacial score (nSPS) is 11.1. The van der Waals surface area contributed by atoms with E-state index in [1.165, 1.54) is 11.0 Å². The maximum Gasteiger partial charge on any atom is 0.415 e. The number of amides is 1. The van der Waals surface area contributed by atoms with E-state index in [0.29, 0.717) is 6.61 Å². The van der Waals surface area contributed by atoms with Crippen LogP contribution in [0.4, 0.5) is 22.0 Å². The lowest BCUT2D eigenvalue weighted by Gasteiger charge is -2.27. The molecule has 30 heavy (non-hydrogen) atoms. The van der Waals surface area contributed by atoms with Crippen molar-refractivity contribution >= 4 is 23.3 Å². The number of hydrogen-bond acceptors (Lipinski definition) is 7. The quantitative estimate of drug-likeness (QED) is 0.376. The van der Waals surface area contributed by atoms with Crippen LogP contribution >= 0.6 is 0 Å². The third-order valence-corrected chi connectivity index (χ3v) is 3.99. The maximum atomic E-state index is 13.0. The molecule has 1 amide bonds. The van der Waals surface area contributed by atoms with E-state index in [-0.39, 0.29) is 23.9 Å². The molecule has 0 spiro atoms. The number of nitrogens with two attached hydrogens (primary N) is 1. The van der Waals surface area contributed by atoms with Gasteiger partial charge in [-0.3, -0.25) is 15.0 Å². The van der Waals surface area contributed by atoms with E-state index in [2.05, 4.69) is 4.98 Å². The van der Waals surface area contributed by atoms with Gasteiger partial charge in [-0.05, 0) is 32.8 Å². The number of anilines is 2. The Hall–Kier alpha value is -3.36. The summed E-state index contributed by atoms with van der Waals surface area (Å²) in [7, 11) is 0. The van der Waals surface area contributed by atoms with Gasteiger partial charge in [-0.15, -0.1) is 0 Å². The molecule has 0 saturated heterocycles. The summed E-state index contributed by atoms with van der Waals surface area (Å²) in [6, 6.07) is 10.5. The molecule has 162 valence electrons. The molecule has 0 saturated carbocycles. The molecule has 9 heteroatoms. The number of rotatable bonds is 8. The average Bonchev–Trinajstić information content (AvgIpc) is 2.65. The molecule has 1 aromatic heterocycles. The smallest absolute Gasteiger partial charge is 0.415 e. The second kappa shape index (κ2) is 9.91. The molecule has 0 fully saturated rings.